The molecule has 0 unspecified atom stereocenters. The summed E-state index contributed by atoms with van der Waals surface area (Å²) < 4.78 is 6.32. The fourth-order valence-corrected chi connectivity index (χ4v) is 2.53. The zero-order valence-electron chi connectivity index (χ0n) is 14.7. The molecule has 1 aromatic carbocycles. The van der Waals surface area contributed by atoms with Gasteiger partial charge in [0.25, 0.3) is 5.91 Å². The van der Waals surface area contributed by atoms with Crippen LogP contribution in [0.1, 0.15) is 32.0 Å². The zero-order chi connectivity index (χ0) is 18.7. The molecule has 2 aromatic heterocycles. The Morgan fingerprint density at radius 1 is 1.15 bits per heavy atom. The van der Waals surface area contributed by atoms with E-state index in [4.69, 9.17) is 4.74 Å². The van der Waals surface area contributed by atoms with E-state index in [-0.39, 0.29) is 5.91 Å². The molecule has 1 amide bonds. The quantitative estimate of drug-likeness (QED) is 0.731. The summed E-state index contributed by atoms with van der Waals surface area (Å²) in [5, 5.41) is 7.08. The van der Waals surface area contributed by atoms with E-state index < -0.39 is 5.97 Å². The minimum atomic E-state index is -0.459. The number of nitrogens with one attached hydrogen (secondary N) is 1. The molecule has 0 fully saturated rings. The van der Waals surface area contributed by atoms with Crippen molar-refractivity contribution in [3.63, 3.8) is 0 Å². The third-order valence-electron chi connectivity index (χ3n) is 4.03. The first kappa shape index (κ1) is 17.3. The fraction of sp³-hybridized carbons (Fsp3) is 0.158. The third-order valence-corrected chi connectivity index (χ3v) is 4.03. The number of ether oxygens (including phenoxy) is 1. The maximum Gasteiger partial charge on any atom is 0.337 e. The van der Waals surface area contributed by atoms with Crippen LogP contribution in [-0.2, 0) is 4.74 Å². The van der Waals surface area contributed by atoms with E-state index in [0.717, 1.165) is 5.56 Å². The van der Waals surface area contributed by atoms with Crippen molar-refractivity contribution in [2.45, 2.75) is 13.8 Å². The summed E-state index contributed by atoms with van der Waals surface area (Å²) in [6.07, 6.45) is 3.16. The Morgan fingerprint density at radius 2 is 1.96 bits per heavy atom. The third kappa shape index (κ3) is 3.32. The van der Waals surface area contributed by atoms with Crippen LogP contribution in [0.2, 0.25) is 0 Å². The molecule has 26 heavy (non-hydrogen) atoms. The van der Waals surface area contributed by atoms with Crippen LogP contribution in [0, 0.1) is 13.8 Å². The maximum atomic E-state index is 12.7. The summed E-state index contributed by atoms with van der Waals surface area (Å²) in [6, 6.07) is 10.5. The number of aryl methyl sites for hydroxylation is 1. The van der Waals surface area contributed by atoms with Crippen molar-refractivity contribution >= 4 is 17.6 Å². The number of carbonyl (C=O) groups is 2. The number of anilines is 1. The lowest BCUT2D eigenvalue weighted by atomic mass is 10.1. The first-order valence-corrected chi connectivity index (χ1v) is 7.97. The predicted octanol–water partition coefficient (Wildman–Crippen LogP) is 2.92. The number of benzene rings is 1. The second-order valence-electron chi connectivity index (χ2n) is 5.72. The normalized spacial score (nSPS) is 10.4. The van der Waals surface area contributed by atoms with Crippen LogP contribution >= 0.6 is 0 Å². The van der Waals surface area contributed by atoms with Crippen LogP contribution in [0.5, 0.6) is 0 Å². The van der Waals surface area contributed by atoms with E-state index in [2.05, 4.69) is 15.4 Å². The van der Waals surface area contributed by atoms with Crippen LogP contribution in [0.3, 0.4) is 0 Å². The fourth-order valence-electron chi connectivity index (χ4n) is 2.53. The highest BCUT2D eigenvalue weighted by Crippen LogP contribution is 2.20. The molecule has 0 saturated heterocycles. The Labute approximate surface area is 150 Å². The van der Waals surface area contributed by atoms with Gasteiger partial charge in [-0.1, -0.05) is 12.1 Å². The highest BCUT2D eigenvalue weighted by Gasteiger charge is 2.17. The number of methoxy groups -OCH3 is 1. The summed E-state index contributed by atoms with van der Waals surface area (Å²) in [6.45, 7) is 3.65. The van der Waals surface area contributed by atoms with Gasteiger partial charge < -0.3 is 10.1 Å². The topological polar surface area (TPSA) is 86.1 Å². The molecule has 7 heteroatoms. The molecule has 7 nitrogen and oxygen atoms in total. The van der Waals surface area contributed by atoms with Crippen LogP contribution in [-0.4, -0.2) is 33.8 Å². The highest BCUT2D eigenvalue weighted by molar-refractivity contribution is 6.06. The number of rotatable bonds is 4. The average molecular weight is 350 g/mol. The van der Waals surface area contributed by atoms with Gasteiger partial charge in [0.2, 0.25) is 0 Å². The van der Waals surface area contributed by atoms with E-state index in [9.17, 15) is 9.59 Å². The van der Waals surface area contributed by atoms with Gasteiger partial charge in [0, 0.05) is 11.9 Å². The number of hydrogen-bond acceptors (Lipinski definition) is 5. The predicted molar refractivity (Wildman–Crippen MR) is 96.6 cm³/mol. The van der Waals surface area contributed by atoms with Gasteiger partial charge in [-0.25, -0.2) is 14.5 Å². The van der Waals surface area contributed by atoms with Crippen LogP contribution in [0.25, 0.3) is 5.82 Å². The largest absolute Gasteiger partial charge is 0.465 e. The van der Waals surface area contributed by atoms with Gasteiger partial charge in [0.15, 0.2) is 5.82 Å². The molecular weight excluding hydrogens is 332 g/mol. The van der Waals surface area contributed by atoms with E-state index in [1.54, 1.807) is 36.0 Å². The van der Waals surface area contributed by atoms with Gasteiger partial charge in [0.1, 0.15) is 0 Å². The molecule has 0 spiro atoms. The molecular formula is C19H18N4O3. The molecule has 0 aliphatic heterocycles. The standard InChI is InChI=1S/C19H18N4O3/c1-12-7-8-14(19(25)26-3)10-16(12)22-18(24)15-11-21-23(13(15)2)17-6-4-5-9-20-17/h4-11H,1-3H3,(H,22,24). The minimum Gasteiger partial charge on any atom is -0.465 e. The van der Waals surface area contributed by atoms with Crippen LogP contribution < -0.4 is 5.32 Å². The highest BCUT2D eigenvalue weighted by atomic mass is 16.5. The first-order valence-electron chi connectivity index (χ1n) is 7.97. The summed E-state index contributed by atoms with van der Waals surface area (Å²) in [5.74, 6) is -0.137. The SMILES string of the molecule is COC(=O)c1ccc(C)c(NC(=O)c2cnn(-c3ccccn3)c2C)c1. The van der Waals surface area contributed by atoms with Crippen molar-refractivity contribution in [2.75, 3.05) is 12.4 Å². The molecule has 0 aliphatic rings. The smallest absolute Gasteiger partial charge is 0.337 e. The molecule has 132 valence electrons. The molecule has 1 N–H and O–H groups in total. The van der Waals surface area contributed by atoms with Crippen molar-refractivity contribution in [3.05, 3.63) is 71.2 Å². The maximum absolute atomic E-state index is 12.7. The molecule has 0 aliphatic carbocycles. The molecule has 2 heterocycles. The van der Waals surface area contributed by atoms with Crippen LogP contribution in [0.15, 0.2) is 48.8 Å². The zero-order valence-corrected chi connectivity index (χ0v) is 14.7. The lowest BCUT2D eigenvalue weighted by Gasteiger charge is -2.10. The molecule has 3 aromatic rings. The Morgan fingerprint density at radius 3 is 2.65 bits per heavy atom. The van der Waals surface area contributed by atoms with Gasteiger partial charge in [-0.05, 0) is 43.7 Å². The number of esters is 1. The van der Waals surface area contributed by atoms with Gasteiger partial charge in [-0.3, -0.25) is 4.79 Å². The van der Waals surface area contributed by atoms with E-state index in [0.29, 0.717) is 28.3 Å². The second kappa shape index (κ2) is 7.18. The number of hydrogen-bond donors (Lipinski definition) is 1. The van der Waals surface area contributed by atoms with Crippen molar-refractivity contribution in [1.29, 1.82) is 0 Å². The number of aromatic nitrogens is 3. The summed E-state index contributed by atoms with van der Waals surface area (Å²) in [7, 11) is 1.32. The molecule has 0 radical (unpaired) electrons. The van der Waals surface area contributed by atoms with E-state index in [1.165, 1.54) is 13.3 Å². The summed E-state index contributed by atoms with van der Waals surface area (Å²) in [4.78, 5) is 28.6. The van der Waals surface area contributed by atoms with Crippen molar-refractivity contribution in [3.8, 4) is 5.82 Å². The average Bonchev–Trinajstić information content (AvgIpc) is 3.05. The van der Waals surface area contributed by atoms with Crippen molar-refractivity contribution in [2.24, 2.45) is 0 Å². The van der Waals surface area contributed by atoms with E-state index in [1.807, 2.05) is 25.1 Å². The lowest BCUT2D eigenvalue weighted by Crippen LogP contribution is -2.15. The van der Waals surface area contributed by atoms with Crippen molar-refractivity contribution < 1.29 is 14.3 Å². The van der Waals surface area contributed by atoms with Crippen LogP contribution in [0.4, 0.5) is 5.69 Å². The Bertz CT molecular complexity index is 964. The van der Waals surface area contributed by atoms with Crippen molar-refractivity contribution in [1.82, 2.24) is 14.8 Å². The first-order chi connectivity index (χ1) is 12.5. The van der Waals surface area contributed by atoms with Gasteiger partial charge >= 0.3 is 5.97 Å². The van der Waals surface area contributed by atoms with Gasteiger partial charge in [-0.15, -0.1) is 0 Å². The number of nitrogens with zero attached hydrogens (tertiary/aromatic N) is 3. The molecule has 0 atom stereocenters. The second-order valence-corrected chi connectivity index (χ2v) is 5.72. The Hall–Kier alpha value is -3.48. The van der Waals surface area contributed by atoms with Gasteiger partial charge in [0.05, 0.1) is 30.1 Å². The number of pyridine rings is 1. The molecule has 0 saturated carbocycles. The minimum absolute atomic E-state index is 0.310. The van der Waals surface area contributed by atoms with Gasteiger partial charge in [-0.2, -0.15) is 5.10 Å². The molecule has 3 rings (SSSR count). The Balaban J connectivity index is 1.88. The lowest BCUT2D eigenvalue weighted by molar-refractivity contribution is 0.0600. The monoisotopic (exact) mass is 350 g/mol. The number of amides is 1. The summed E-state index contributed by atoms with van der Waals surface area (Å²) in [5.41, 5.74) is 2.85. The molecule has 0 bridgehead atoms. The Kier molecular flexibility index (Phi) is 4.79. The summed E-state index contributed by atoms with van der Waals surface area (Å²) >= 11 is 0. The van der Waals surface area contributed by atoms with E-state index >= 15 is 0 Å². The number of carbonyl (C=O) groups excluding carboxylic acids is 2.